The van der Waals surface area contributed by atoms with E-state index in [-0.39, 0.29) is 5.91 Å². The first kappa shape index (κ1) is 17.8. The number of carbonyl (C=O) groups excluding carboxylic acids is 1. The minimum atomic E-state index is 0.252. The lowest BCUT2D eigenvalue weighted by Gasteiger charge is -2.38. The third-order valence-corrected chi connectivity index (χ3v) is 6.59. The number of anilines is 1. The van der Waals surface area contributed by atoms with Crippen molar-refractivity contribution in [1.29, 1.82) is 0 Å². The molecule has 0 N–H and O–H groups in total. The second kappa shape index (κ2) is 7.96. The number of rotatable bonds is 6. The largest absolute Gasteiger partial charge is 0.309 e. The Kier molecular flexibility index (Phi) is 5.44. The fourth-order valence-electron chi connectivity index (χ4n) is 4.95. The average molecular weight is 353 g/mol. The Hall–Kier alpha value is -1.61. The topological polar surface area (TPSA) is 23.6 Å². The van der Waals surface area contributed by atoms with E-state index in [4.69, 9.17) is 0 Å². The van der Waals surface area contributed by atoms with Gasteiger partial charge < -0.3 is 9.80 Å². The Morgan fingerprint density at radius 2 is 1.92 bits per heavy atom. The van der Waals surface area contributed by atoms with Crippen LogP contribution in [0.3, 0.4) is 0 Å². The van der Waals surface area contributed by atoms with Gasteiger partial charge in [-0.3, -0.25) is 4.79 Å². The normalized spacial score (nSPS) is 26.1. The van der Waals surface area contributed by atoms with Crippen LogP contribution in [0.5, 0.6) is 0 Å². The van der Waals surface area contributed by atoms with Crippen LogP contribution in [0.1, 0.15) is 51.9 Å². The lowest BCUT2D eigenvalue weighted by atomic mass is 9.96. The highest BCUT2D eigenvalue weighted by Crippen LogP contribution is 2.51. The molecule has 4 rings (SSSR count). The van der Waals surface area contributed by atoms with Gasteiger partial charge in [-0.15, -0.1) is 0 Å². The number of para-hydroxylation sites is 1. The van der Waals surface area contributed by atoms with Gasteiger partial charge in [-0.05, 0) is 62.5 Å². The first-order valence-corrected chi connectivity index (χ1v) is 10.5. The molecule has 1 amide bonds. The molecule has 2 unspecified atom stereocenters. The van der Waals surface area contributed by atoms with Crippen LogP contribution in [0.15, 0.2) is 42.0 Å². The molecule has 1 saturated heterocycles. The van der Waals surface area contributed by atoms with E-state index in [9.17, 15) is 4.79 Å². The molecule has 1 heterocycles. The van der Waals surface area contributed by atoms with Gasteiger partial charge in [0, 0.05) is 37.8 Å². The van der Waals surface area contributed by atoms with Gasteiger partial charge in [0.25, 0.3) is 0 Å². The molecule has 0 spiro atoms. The second-order valence-electron chi connectivity index (χ2n) is 8.23. The Balaban J connectivity index is 1.31. The van der Waals surface area contributed by atoms with Crippen LogP contribution < -0.4 is 4.90 Å². The summed E-state index contributed by atoms with van der Waals surface area (Å²) in [6.45, 7) is 5.41. The SMILES string of the molecule is CCC(=O)N(c1ccccc1)C1CCN(CCC2=CCCC3CC23)CC1. The van der Waals surface area contributed by atoms with Gasteiger partial charge in [-0.25, -0.2) is 0 Å². The molecular formula is C23H32N2O. The maximum atomic E-state index is 12.6. The lowest BCUT2D eigenvalue weighted by molar-refractivity contribution is -0.119. The molecule has 1 saturated carbocycles. The molecule has 140 valence electrons. The second-order valence-corrected chi connectivity index (χ2v) is 8.23. The summed E-state index contributed by atoms with van der Waals surface area (Å²) < 4.78 is 0. The van der Waals surface area contributed by atoms with Gasteiger partial charge in [0.2, 0.25) is 5.91 Å². The van der Waals surface area contributed by atoms with Crippen molar-refractivity contribution >= 4 is 11.6 Å². The molecule has 1 aliphatic heterocycles. The van der Waals surface area contributed by atoms with E-state index >= 15 is 0 Å². The van der Waals surface area contributed by atoms with Crippen LogP contribution in [0.25, 0.3) is 0 Å². The molecule has 0 radical (unpaired) electrons. The zero-order valence-electron chi connectivity index (χ0n) is 16.1. The first-order valence-electron chi connectivity index (χ1n) is 10.5. The van der Waals surface area contributed by atoms with E-state index in [1.807, 2.05) is 25.1 Å². The maximum absolute atomic E-state index is 12.6. The Labute approximate surface area is 158 Å². The van der Waals surface area contributed by atoms with E-state index in [2.05, 4.69) is 28.0 Å². The quantitative estimate of drug-likeness (QED) is 0.696. The third-order valence-electron chi connectivity index (χ3n) is 6.59. The lowest BCUT2D eigenvalue weighted by Crippen LogP contribution is -2.47. The van der Waals surface area contributed by atoms with E-state index in [0.717, 1.165) is 43.5 Å². The summed E-state index contributed by atoms with van der Waals surface area (Å²) in [6.07, 6.45) is 10.7. The smallest absolute Gasteiger partial charge is 0.226 e. The number of likely N-dealkylation sites (tertiary alicyclic amines) is 1. The highest BCUT2D eigenvalue weighted by Gasteiger charge is 2.40. The number of piperidine rings is 1. The number of fused-ring (bicyclic) bond motifs is 1. The molecular weight excluding hydrogens is 320 g/mol. The van der Waals surface area contributed by atoms with Crippen LogP contribution in [0.2, 0.25) is 0 Å². The third kappa shape index (κ3) is 3.88. The molecule has 2 aliphatic carbocycles. The highest BCUT2D eigenvalue weighted by atomic mass is 16.2. The van der Waals surface area contributed by atoms with Crippen LogP contribution in [-0.2, 0) is 4.79 Å². The van der Waals surface area contributed by atoms with Gasteiger partial charge in [0.1, 0.15) is 0 Å². The summed E-state index contributed by atoms with van der Waals surface area (Å²) in [5.74, 6) is 2.22. The van der Waals surface area contributed by atoms with E-state index in [1.54, 1.807) is 5.57 Å². The molecule has 2 atom stereocenters. The van der Waals surface area contributed by atoms with Crippen LogP contribution >= 0.6 is 0 Å². The fraction of sp³-hybridized carbons (Fsp3) is 0.609. The molecule has 26 heavy (non-hydrogen) atoms. The van der Waals surface area contributed by atoms with Crippen LogP contribution in [-0.4, -0.2) is 36.5 Å². The molecule has 1 aromatic rings. The first-order chi connectivity index (χ1) is 12.8. The summed E-state index contributed by atoms with van der Waals surface area (Å²) >= 11 is 0. The molecule has 3 nitrogen and oxygen atoms in total. The summed E-state index contributed by atoms with van der Waals surface area (Å²) in [4.78, 5) is 17.3. The van der Waals surface area contributed by atoms with Crippen LogP contribution in [0, 0.1) is 11.8 Å². The zero-order chi connectivity index (χ0) is 17.9. The Morgan fingerprint density at radius 1 is 1.15 bits per heavy atom. The fourth-order valence-corrected chi connectivity index (χ4v) is 4.95. The molecule has 0 bridgehead atoms. The Morgan fingerprint density at radius 3 is 2.65 bits per heavy atom. The van der Waals surface area contributed by atoms with Gasteiger partial charge in [-0.1, -0.05) is 36.8 Å². The number of hydrogen-bond donors (Lipinski definition) is 0. The number of carbonyl (C=O) groups is 1. The number of hydrogen-bond acceptors (Lipinski definition) is 2. The van der Waals surface area contributed by atoms with Crippen molar-refractivity contribution in [3.8, 4) is 0 Å². The maximum Gasteiger partial charge on any atom is 0.226 e. The minimum Gasteiger partial charge on any atom is -0.309 e. The van der Waals surface area contributed by atoms with E-state index in [1.165, 1.54) is 32.2 Å². The van der Waals surface area contributed by atoms with Gasteiger partial charge >= 0.3 is 0 Å². The summed E-state index contributed by atoms with van der Waals surface area (Å²) in [5, 5.41) is 0. The number of benzene rings is 1. The average Bonchev–Trinajstić information content (AvgIpc) is 3.48. The van der Waals surface area contributed by atoms with E-state index in [0.29, 0.717) is 12.5 Å². The van der Waals surface area contributed by atoms with Gasteiger partial charge in [0.05, 0.1) is 0 Å². The van der Waals surface area contributed by atoms with Crippen molar-refractivity contribution in [1.82, 2.24) is 4.90 Å². The molecule has 0 aromatic heterocycles. The highest BCUT2D eigenvalue weighted by molar-refractivity contribution is 5.93. The predicted octanol–water partition coefficient (Wildman–Crippen LogP) is 4.64. The predicted molar refractivity (Wildman–Crippen MR) is 107 cm³/mol. The number of allylic oxidation sites excluding steroid dienone is 1. The van der Waals surface area contributed by atoms with Crippen molar-refractivity contribution in [3.05, 3.63) is 42.0 Å². The summed E-state index contributed by atoms with van der Waals surface area (Å²) in [6, 6.07) is 10.6. The monoisotopic (exact) mass is 352 g/mol. The van der Waals surface area contributed by atoms with Crippen molar-refractivity contribution in [2.24, 2.45) is 11.8 Å². The van der Waals surface area contributed by atoms with E-state index < -0.39 is 0 Å². The van der Waals surface area contributed by atoms with Crippen molar-refractivity contribution < 1.29 is 4.79 Å². The zero-order valence-corrected chi connectivity index (χ0v) is 16.1. The van der Waals surface area contributed by atoms with Crippen molar-refractivity contribution in [3.63, 3.8) is 0 Å². The van der Waals surface area contributed by atoms with Crippen molar-refractivity contribution in [2.75, 3.05) is 24.5 Å². The molecule has 3 heteroatoms. The van der Waals surface area contributed by atoms with Crippen molar-refractivity contribution in [2.45, 2.75) is 57.9 Å². The number of nitrogens with zero attached hydrogens (tertiary/aromatic N) is 2. The Bertz CT molecular complexity index is 645. The number of amides is 1. The van der Waals surface area contributed by atoms with Gasteiger partial charge in [-0.2, -0.15) is 0 Å². The summed E-state index contributed by atoms with van der Waals surface area (Å²) in [7, 11) is 0. The minimum absolute atomic E-state index is 0.252. The van der Waals surface area contributed by atoms with Gasteiger partial charge in [0.15, 0.2) is 0 Å². The summed E-state index contributed by atoms with van der Waals surface area (Å²) in [5.41, 5.74) is 2.81. The molecule has 3 aliphatic rings. The van der Waals surface area contributed by atoms with Crippen LogP contribution in [0.4, 0.5) is 5.69 Å². The molecule has 1 aromatic carbocycles. The molecule has 2 fully saturated rings. The standard InChI is InChI=1S/C23H32N2O/c1-2-23(26)25(20-9-4-3-5-10-20)21-12-15-24(16-13-21)14-11-18-7-6-8-19-17-22(18)19/h3-5,7,9-10,19,21-22H,2,6,8,11-17H2,1H3.